The maximum absolute atomic E-state index is 4.72. The highest BCUT2D eigenvalue weighted by molar-refractivity contribution is 5.17. The number of nitrogens with zero attached hydrogens (tertiary/aromatic N) is 4. The first-order valence-corrected chi connectivity index (χ1v) is 8.96. The maximum Gasteiger partial charge on any atom is 0.111 e. The first-order valence-electron chi connectivity index (χ1n) is 8.96. The van der Waals surface area contributed by atoms with Crippen LogP contribution in [0.5, 0.6) is 0 Å². The highest BCUT2D eigenvalue weighted by Crippen LogP contribution is 2.33. The number of aromatic nitrogens is 4. The molecule has 4 nitrogen and oxygen atoms in total. The van der Waals surface area contributed by atoms with Gasteiger partial charge in [0.2, 0.25) is 0 Å². The molecule has 2 aromatic rings. The fourth-order valence-electron chi connectivity index (χ4n) is 3.54. The predicted octanol–water partition coefficient (Wildman–Crippen LogP) is 4.62. The summed E-state index contributed by atoms with van der Waals surface area (Å²) in [6, 6.07) is 0. The molecule has 0 spiro atoms. The smallest absolute Gasteiger partial charge is 0.111 e. The van der Waals surface area contributed by atoms with E-state index in [2.05, 4.69) is 76.7 Å². The van der Waals surface area contributed by atoms with Crippen molar-refractivity contribution in [3.05, 3.63) is 35.4 Å². The molecule has 0 aromatic carbocycles. The third-order valence-electron chi connectivity index (χ3n) is 5.35. The van der Waals surface area contributed by atoms with Crippen LogP contribution in [-0.4, -0.2) is 19.1 Å². The molecule has 2 aromatic heterocycles. The molecule has 0 amide bonds. The largest absolute Gasteiger partial charge is 0.335 e. The van der Waals surface area contributed by atoms with Crippen LogP contribution in [0.1, 0.15) is 83.3 Å². The topological polar surface area (TPSA) is 35.6 Å². The molecule has 0 aliphatic heterocycles. The Morgan fingerprint density at radius 2 is 1.54 bits per heavy atom. The van der Waals surface area contributed by atoms with E-state index in [9.17, 15) is 0 Å². The van der Waals surface area contributed by atoms with Gasteiger partial charge in [0, 0.05) is 54.6 Å². The fraction of sp³-hybridized carbons (Fsp3) is 0.700. The van der Waals surface area contributed by atoms with Gasteiger partial charge in [0.1, 0.15) is 11.6 Å². The van der Waals surface area contributed by atoms with Gasteiger partial charge in [0.15, 0.2) is 0 Å². The molecular formula is C20H34N4. The van der Waals surface area contributed by atoms with E-state index in [0.29, 0.717) is 5.92 Å². The SMILES string of the molecule is Cc1ncc(C(C)(C)CCC(C)c2ncc(C(C)(C)C)n2C)n1C. The van der Waals surface area contributed by atoms with Crippen LogP contribution in [0.3, 0.4) is 0 Å². The second-order valence-corrected chi connectivity index (χ2v) is 8.88. The Morgan fingerprint density at radius 1 is 0.958 bits per heavy atom. The molecule has 134 valence electrons. The number of imidazole rings is 2. The summed E-state index contributed by atoms with van der Waals surface area (Å²) in [5, 5.41) is 0. The predicted molar refractivity (Wildman–Crippen MR) is 101 cm³/mol. The molecule has 0 N–H and O–H groups in total. The lowest BCUT2D eigenvalue weighted by Crippen LogP contribution is -2.22. The summed E-state index contributed by atoms with van der Waals surface area (Å²) < 4.78 is 4.50. The summed E-state index contributed by atoms with van der Waals surface area (Å²) in [6.45, 7) is 15.7. The minimum absolute atomic E-state index is 0.113. The van der Waals surface area contributed by atoms with E-state index in [0.717, 1.165) is 18.7 Å². The summed E-state index contributed by atoms with van der Waals surface area (Å²) in [4.78, 5) is 9.18. The highest BCUT2D eigenvalue weighted by atomic mass is 15.1. The summed E-state index contributed by atoms with van der Waals surface area (Å²) in [6.07, 6.45) is 6.30. The Kier molecular flexibility index (Phi) is 4.98. The first kappa shape index (κ1) is 18.8. The molecule has 0 fully saturated rings. The van der Waals surface area contributed by atoms with E-state index < -0.39 is 0 Å². The molecule has 0 bridgehead atoms. The van der Waals surface area contributed by atoms with Crippen molar-refractivity contribution < 1.29 is 0 Å². The second kappa shape index (κ2) is 6.38. The van der Waals surface area contributed by atoms with E-state index in [1.165, 1.54) is 17.2 Å². The molecule has 24 heavy (non-hydrogen) atoms. The molecule has 0 aliphatic rings. The van der Waals surface area contributed by atoms with Crippen LogP contribution >= 0.6 is 0 Å². The lowest BCUT2D eigenvalue weighted by Gasteiger charge is -2.27. The van der Waals surface area contributed by atoms with Crippen LogP contribution in [0.15, 0.2) is 12.4 Å². The zero-order valence-electron chi connectivity index (χ0n) is 16.9. The Hall–Kier alpha value is -1.58. The van der Waals surface area contributed by atoms with Gasteiger partial charge >= 0.3 is 0 Å². The molecule has 1 unspecified atom stereocenters. The van der Waals surface area contributed by atoms with Crippen LogP contribution < -0.4 is 0 Å². The van der Waals surface area contributed by atoms with Gasteiger partial charge in [-0.2, -0.15) is 0 Å². The third-order valence-corrected chi connectivity index (χ3v) is 5.35. The highest BCUT2D eigenvalue weighted by Gasteiger charge is 2.27. The van der Waals surface area contributed by atoms with E-state index in [1.807, 2.05) is 12.4 Å². The van der Waals surface area contributed by atoms with Crippen LogP contribution in [0, 0.1) is 6.92 Å². The summed E-state index contributed by atoms with van der Waals surface area (Å²) in [5.41, 5.74) is 2.85. The third kappa shape index (κ3) is 3.57. The quantitative estimate of drug-likeness (QED) is 0.802. The molecule has 0 aliphatic carbocycles. The van der Waals surface area contributed by atoms with Crippen molar-refractivity contribution in [1.29, 1.82) is 0 Å². The molecule has 1 atom stereocenters. The lowest BCUT2D eigenvalue weighted by atomic mass is 9.82. The molecule has 2 rings (SSSR count). The zero-order valence-corrected chi connectivity index (χ0v) is 16.9. The van der Waals surface area contributed by atoms with Crippen molar-refractivity contribution in [3.63, 3.8) is 0 Å². The van der Waals surface area contributed by atoms with E-state index in [1.54, 1.807) is 0 Å². The van der Waals surface area contributed by atoms with Crippen molar-refractivity contribution in [2.45, 2.75) is 78.1 Å². The monoisotopic (exact) mass is 330 g/mol. The maximum atomic E-state index is 4.72. The minimum atomic E-state index is 0.113. The van der Waals surface area contributed by atoms with Gasteiger partial charge < -0.3 is 9.13 Å². The van der Waals surface area contributed by atoms with Crippen molar-refractivity contribution in [2.75, 3.05) is 0 Å². The number of aryl methyl sites for hydroxylation is 1. The summed E-state index contributed by atoms with van der Waals surface area (Å²) in [5.74, 6) is 2.71. The van der Waals surface area contributed by atoms with Crippen LogP contribution in [0.4, 0.5) is 0 Å². The molecule has 0 saturated heterocycles. The minimum Gasteiger partial charge on any atom is -0.335 e. The van der Waals surface area contributed by atoms with Crippen molar-refractivity contribution in [2.24, 2.45) is 14.1 Å². The van der Waals surface area contributed by atoms with Crippen molar-refractivity contribution in [3.8, 4) is 0 Å². The van der Waals surface area contributed by atoms with Gasteiger partial charge in [0.25, 0.3) is 0 Å². The summed E-state index contributed by atoms with van der Waals surface area (Å²) in [7, 11) is 4.26. The first-order chi connectivity index (χ1) is 10.9. The average Bonchev–Trinajstić information content (AvgIpc) is 3.00. The van der Waals surface area contributed by atoms with E-state index in [4.69, 9.17) is 4.98 Å². The molecule has 2 heterocycles. The Balaban J connectivity index is 2.12. The summed E-state index contributed by atoms with van der Waals surface area (Å²) >= 11 is 0. The lowest BCUT2D eigenvalue weighted by molar-refractivity contribution is 0.408. The van der Waals surface area contributed by atoms with Gasteiger partial charge in [0.05, 0.1) is 0 Å². The van der Waals surface area contributed by atoms with Gasteiger partial charge in [-0.25, -0.2) is 9.97 Å². The zero-order chi connectivity index (χ0) is 18.3. The normalized spacial score (nSPS) is 14.2. The van der Waals surface area contributed by atoms with Crippen LogP contribution in [0.25, 0.3) is 0 Å². The number of rotatable bonds is 5. The Labute approximate surface area is 147 Å². The number of hydrogen-bond donors (Lipinski definition) is 0. The fourth-order valence-corrected chi connectivity index (χ4v) is 3.54. The van der Waals surface area contributed by atoms with Crippen molar-refractivity contribution in [1.82, 2.24) is 19.1 Å². The van der Waals surface area contributed by atoms with E-state index >= 15 is 0 Å². The van der Waals surface area contributed by atoms with Gasteiger partial charge in [-0.05, 0) is 19.8 Å². The Bertz CT molecular complexity index is 698. The molecule has 4 heteroatoms. The second-order valence-electron chi connectivity index (χ2n) is 8.88. The molecule has 0 radical (unpaired) electrons. The van der Waals surface area contributed by atoms with Gasteiger partial charge in [-0.15, -0.1) is 0 Å². The number of hydrogen-bond acceptors (Lipinski definition) is 2. The molecule has 0 saturated carbocycles. The van der Waals surface area contributed by atoms with Crippen LogP contribution in [0.2, 0.25) is 0 Å². The molecular weight excluding hydrogens is 296 g/mol. The van der Waals surface area contributed by atoms with E-state index in [-0.39, 0.29) is 10.8 Å². The average molecular weight is 331 g/mol. The van der Waals surface area contributed by atoms with Crippen molar-refractivity contribution >= 4 is 0 Å². The van der Waals surface area contributed by atoms with Gasteiger partial charge in [-0.1, -0.05) is 41.5 Å². The van der Waals surface area contributed by atoms with Gasteiger partial charge in [-0.3, -0.25) is 0 Å². The standard InChI is InChI=1S/C20H34N4/c1-14(18-22-12-16(24(18)9)19(3,4)5)10-11-20(6,7)17-13-21-15(2)23(17)8/h12-14H,10-11H2,1-9H3. The van der Waals surface area contributed by atoms with Crippen LogP contribution in [-0.2, 0) is 24.9 Å². The Morgan fingerprint density at radius 3 is 2.00 bits per heavy atom.